The van der Waals surface area contributed by atoms with Gasteiger partial charge in [-0.3, -0.25) is 4.84 Å². The van der Waals surface area contributed by atoms with Crippen molar-refractivity contribution in [3.05, 3.63) is 97.3 Å². The molecule has 0 N–H and O–H groups in total. The quantitative estimate of drug-likeness (QED) is 0.574. The zero-order chi connectivity index (χ0) is 19.2. The monoisotopic (exact) mass is 375 g/mol. The molecule has 0 aliphatic carbocycles. The van der Waals surface area contributed by atoms with E-state index in [1.165, 1.54) is 5.56 Å². The molecule has 1 aliphatic heterocycles. The highest BCUT2D eigenvalue weighted by atomic mass is 16.7. The minimum atomic E-state index is -0.235. The second-order valence-electron chi connectivity index (χ2n) is 7.10. The standard InChI is InChI=1S/C23H25N3O2/c1-25-23(18-26-15-14-24-19-26,20-9-4-2-5-10-20)17-22(28-25)13-8-16-27-21-11-6-3-7-12-21/h2-12,14-16,19,22H,13,17-18H2,1H3. The lowest BCUT2D eigenvalue weighted by molar-refractivity contribution is -0.173. The molecule has 1 saturated heterocycles. The van der Waals surface area contributed by atoms with E-state index < -0.39 is 0 Å². The van der Waals surface area contributed by atoms with E-state index in [-0.39, 0.29) is 11.6 Å². The van der Waals surface area contributed by atoms with Crippen LogP contribution in [-0.4, -0.2) is 27.8 Å². The number of hydrogen-bond acceptors (Lipinski definition) is 4. The number of hydroxylamine groups is 2. The van der Waals surface area contributed by atoms with Crippen LogP contribution in [0.5, 0.6) is 5.75 Å². The van der Waals surface area contributed by atoms with Crippen molar-refractivity contribution in [2.24, 2.45) is 0 Å². The average molecular weight is 375 g/mol. The summed E-state index contributed by atoms with van der Waals surface area (Å²) in [6, 6.07) is 20.3. The molecule has 0 spiro atoms. The minimum absolute atomic E-state index is 0.0874. The Balaban J connectivity index is 1.47. The Kier molecular flexibility index (Phi) is 5.55. The van der Waals surface area contributed by atoms with Crippen molar-refractivity contribution < 1.29 is 9.57 Å². The lowest BCUT2D eigenvalue weighted by atomic mass is 9.84. The van der Waals surface area contributed by atoms with Gasteiger partial charge in [0.15, 0.2) is 0 Å². The number of para-hydroxylation sites is 1. The van der Waals surface area contributed by atoms with E-state index in [0.717, 1.165) is 25.1 Å². The molecule has 2 unspecified atom stereocenters. The van der Waals surface area contributed by atoms with Crippen LogP contribution in [0.15, 0.2) is 91.7 Å². The Bertz CT molecular complexity index is 881. The van der Waals surface area contributed by atoms with Crippen molar-refractivity contribution in [3.8, 4) is 5.75 Å². The summed E-state index contributed by atoms with van der Waals surface area (Å²) in [5.74, 6) is 0.835. The molecule has 0 amide bonds. The number of imidazole rings is 1. The summed E-state index contributed by atoms with van der Waals surface area (Å²) in [5.41, 5.74) is 1.01. The molecule has 28 heavy (non-hydrogen) atoms. The lowest BCUT2D eigenvalue weighted by Gasteiger charge is -2.34. The number of benzene rings is 2. The van der Waals surface area contributed by atoms with Crippen molar-refractivity contribution in [3.63, 3.8) is 0 Å². The van der Waals surface area contributed by atoms with E-state index in [4.69, 9.17) is 9.57 Å². The van der Waals surface area contributed by atoms with Gasteiger partial charge in [0.2, 0.25) is 0 Å². The number of hydrogen-bond donors (Lipinski definition) is 0. The molecule has 1 aliphatic rings. The van der Waals surface area contributed by atoms with E-state index in [1.807, 2.05) is 73.3 Å². The highest BCUT2D eigenvalue weighted by Crippen LogP contribution is 2.41. The molecule has 0 bridgehead atoms. The maximum atomic E-state index is 6.23. The van der Waals surface area contributed by atoms with Crippen molar-refractivity contribution in [2.45, 2.75) is 31.0 Å². The van der Waals surface area contributed by atoms with Crippen LogP contribution < -0.4 is 4.74 Å². The smallest absolute Gasteiger partial charge is 0.126 e. The third-order valence-electron chi connectivity index (χ3n) is 5.23. The van der Waals surface area contributed by atoms with E-state index in [9.17, 15) is 0 Å². The topological polar surface area (TPSA) is 39.5 Å². The first-order chi connectivity index (χ1) is 13.8. The van der Waals surface area contributed by atoms with Gasteiger partial charge in [0.25, 0.3) is 0 Å². The summed E-state index contributed by atoms with van der Waals surface area (Å²) >= 11 is 0. The summed E-state index contributed by atoms with van der Waals surface area (Å²) in [5, 5.41) is 2.01. The molecule has 5 heteroatoms. The van der Waals surface area contributed by atoms with Crippen LogP contribution in [0.25, 0.3) is 0 Å². The van der Waals surface area contributed by atoms with Gasteiger partial charge in [-0.15, -0.1) is 0 Å². The SMILES string of the molecule is CN1OC(CC=COc2ccccc2)CC1(Cn1ccnc1)c1ccccc1. The molecule has 2 atom stereocenters. The molecule has 0 saturated carbocycles. The van der Waals surface area contributed by atoms with Gasteiger partial charge in [0, 0.05) is 32.4 Å². The molecule has 144 valence electrons. The number of ether oxygens (including phenoxy) is 1. The predicted octanol–water partition coefficient (Wildman–Crippen LogP) is 4.40. The van der Waals surface area contributed by atoms with Crippen molar-refractivity contribution in [1.82, 2.24) is 14.6 Å². The fraction of sp³-hybridized carbons (Fsp3) is 0.261. The number of likely N-dealkylation sites (N-methyl/N-ethyl adjacent to an activating group) is 1. The van der Waals surface area contributed by atoms with Gasteiger partial charge in [-0.1, -0.05) is 48.5 Å². The molecule has 3 aromatic rings. The molecule has 1 fully saturated rings. The van der Waals surface area contributed by atoms with E-state index in [1.54, 1.807) is 6.26 Å². The van der Waals surface area contributed by atoms with Crippen LogP contribution in [-0.2, 0) is 16.9 Å². The van der Waals surface area contributed by atoms with Gasteiger partial charge in [-0.2, -0.15) is 5.06 Å². The van der Waals surface area contributed by atoms with Crippen LogP contribution in [0.3, 0.4) is 0 Å². The third-order valence-corrected chi connectivity index (χ3v) is 5.23. The van der Waals surface area contributed by atoms with Crippen molar-refractivity contribution >= 4 is 0 Å². The molecule has 4 rings (SSSR count). The highest BCUT2D eigenvalue weighted by Gasteiger charge is 2.46. The third kappa shape index (κ3) is 4.01. The molecule has 1 aromatic heterocycles. The first kappa shape index (κ1) is 18.5. The number of rotatable bonds is 7. The molecule has 5 nitrogen and oxygen atoms in total. The Morgan fingerprint density at radius 1 is 1.14 bits per heavy atom. The van der Waals surface area contributed by atoms with E-state index >= 15 is 0 Å². The highest BCUT2D eigenvalue weighted by molar-refractivity contribution is 5.26. The molecule has 2 heterocycles. The number of aromatic nitrogens is 2. The van der Waals surface area contributed by atoms with Crippen molar-refractivity contribution in [2.75, 3.05) is 7.05 Å². The Morgan fingerprint density at radius 3 is 2.61 bits per heavy atom. The molecule has 0 radical (unpaired) electrons. The lowest BCUT2D eigenvalue weighted by Crippen LogP contribution is -2.41. The van der Waals surface area contributed by atoms with Gasteiger partial charge in [0.1, 0.15) is 5.75 Å². The summed E-state index contributed by atoms with van der Waals surface area (Å²) in [4.78, 5) is 10.4. The predicted molar refractivity (Wildman–Crippen MR) is 108 cm³/mol. The molecular formula is C23H25N3O2. The minimum Gasteiger partial charge on any atom is -0.465 e. The van der Waals surface area contributed by atoms with Crippen LogP contribution in [0.1, 0.15) is 18.4 Å². The maximum absolute atomic E-state index is 6.23. The zero-order valence-corrected chi connectivity index (χ0v) is 16.0. The van der Waals surface area contributed by atoms with Crippen LogP contribution in [0.4, 0.5) is 0 Å². The maximum Gasteiger partial charge on any atom is 0.126 e. The first-order valence-corrected chi connectivity index (χ1v) is 9.55. The van der Waals surface area contributed by atoms with Crippen molar-refractivity contribution in [1.29, 1.82) is 0 Å². The molecular weight excluding hydrogens is 350 g/mol. The Labute approximate surface area is 165 Å². The fourth-order valence-corrected chi connectivity index (χ4v) is 3.81. The zero-order valence-electron chi connectivity index (χ0n) is 16.0. The first-order valence-electron chi connectivity index (χ1n) is 9.55. The number of nitrogens with zero attached hydrogens (tertiary/aromatic N) is 3. The summed E-state index contributed by atoms with van der Waals surface area (Å²) in [7, 11) is 2.02. The van der Waals surface area contributed by atoms with E-state index in [2.05, 4.69) is 33.8 Å². The normalized spacial score (nSPS) is 22.7. The Morgan fingerprint density at radius 2 is 1.89 bits per heavy atom. The average Bonchev–Trinajstić information content (AvgIpc) is 3.35. The summed E-state index contributed by atoms with van der Waals surface area (Å²) in [6.07, 6.45) is 11.2. The van der Waals surface area contributed by atoms with Gasteiger partial charge in [0.05, 0.1) is 24.2 Å². The van der Waals surface area contributed by atoms with E-state index in [0.29, 0.717) is 0 Å². The van der Waals surface area contributed by atoms with Crippen LogP contribution >= 0.6 is 0 Å². The second kappa shape index (κ2) is 8.42. The second-order valence-corrected chi connectivity index (χ2v) is 7.10. The summed E-state index contributed by atoms with van der Waals surface area (Å²) in [6.45, 7) is 0.786. The van der Waals surface area contributed by atoms with Crippen LogP contribution in [0, 0.1) is 0 Å². The largest absolute Gasteiger partial charge is 0.465 e. The van der Waals surface area contributed by atoms with Gasteiger partial charge >= 0.3 is 0 Å². The van der Waals surface area contributed by atoms with Gasteiger partial charge < -0.3 is 9.30 Å². The fourth-order valence-electron chi connectivity index (χ4n) is 3.81. The Hall–Kier alpha value is -2.89. The van der Waals surface area contributed by atoms with Gasteiger partial charge in [-0.25, -0.2) is 4.98 Å². The molecule has 2 aromatic carbocycles. The van der Waals surface area contributed by atoms with Crippen LogP contribution in [0.2, 0.25) is 0 Å². The van der Waals surface area contributed by atoms with Gasteiger partial charge in [-0.05, 0) is 30.2 Å². The summed E-state index contributed by atoms with van der Waals surface area (Å²) < 4.78 is 7.77.